The molecule has 3 rings (SSSR count). The van der Waals surface area contributed by atoms with Gasteiger partial charge in [-0.15, -0.1) is 0 Å². The lowest BCUT2D eigenvalue weighted by Crippen LogP contribution is -2.46. The van der Waals surface area contributed by atoms with Crippen molar-refractivity contribution in [2.24, 2.45) is 0 Å². The number of amides is 1. The number of benzene rings is 2. The zero-order chi connectivity index (χ0) is 18.0. The highest BCUT2D eigenvalue weighted by Crippen LogP contribution is 2.31. The molecule has 1 amide bonds. The van der Waals surface area contributed by atoms with Gasteiger partial charge in [0.25, 0.3) is 0 Å². The number of hydrogen-bond acceptors (Lipinski definition) is 4. The van der Waals surface area contributed by atoms with Crippen LogP contribution in [0.2, 0.25) is 0 Å². The third-order valence-electron chi connectivity index (χ3n) is 4.41. The lowest BCUT2D eigenvalue weighted by molar-refractivity contribution is -0.132. The van der Waals surface area contributed by atoms with Crippen LogP contribution < -0.4 is 9.46 Å². The molecule has 2 aromatic carbocycles. The van der Waals surface area contributed by atoms with Crippen molar-refractivity contribution in [2.75, 3.05) is 20.2 Å². The second-order valence-corrected chi connectivity index (χ2v) is 7.85. The van der Waals surface area contributed by atoms with Crippen molar-refractivity contribution in [3.8, 4) is 5.75 Å². The summed E-state index contributed by atoms with van der Waals surface area (Å²) in [7, 11) is -2.01. The molecule has 6 nitrogen and oxygen atoms in total. The Hall–Kier alpha value is -2.12. The Kier molecular flexibility index (Phi) is 4.96. The highest BCUT2D eigenvalue weighted by Gasteiger charge is 2.28. The van der Waals surface area contributed by atoms with Crippen molar-refractivity contribution in [1.82, 2.24) is 9.62 Å². The van der Waals surface area contributed by atoms with Crippen molar-refractivity contribution >= 4 is 26.7 Å². The van der Waals surface area contributed by atoms with E-state index in [0.29, 0.717) is 30.7 Å². The first-order valence-electron chi connectivity index (χ1n) is 8.33. The lowest BCUT2D eigenvalue weighted by atomic mass is 10.1. The van der Waals surface area contributed by atoms with Crippen LogP contribution in [-0.4, -0.2) is 45.5 Å². The Morgan fingerprint density at radius 2 is 1.92 bits per heavy atom. The second kappa shape index (κ2) is 7.01. The summed E-state index contributed by atoms with van der Waals surface area (Å²) in [4.78, 5) is 13.7. The molecule has 1 fully saturated rings. The minimum Gasteiger partial charge on any atom is -0.493 e. The molecule has 2 aromatic rings. The number of sulfonamides is 1. The van der Waals surface area contributed by atoms with Gasteiger partial charge in [-0.1, -0.05) is 24.3 Å². The van der Waals surface area contributed by atoms with Gasteiger partial charge >= 0.3 is 0 Å². The molecule has 1 N–H and O–H groups in total. The zero-order valence-corrected chi connectivity index (χ0v) is 15.2. The lowest BCUT2D eigenvalue weighted by Gasteiger charge is -2.29. The van der Waals surface area contributed by atoms with Crippen LogP contribution >= 0.6 is 0 Å². The van der Waals surface area contributed by atoms with Crippen molar-refractivity contribution in [3.63, 3.8) is 0 Å². The number of rotatable bonds is 5. The molecule has 1 atom stereocenters. The van der Waals surface area contributed by atoms with E-state index in [9.17, 15) is 13.2 Å². The summed E-state index contributed by atoms with van der Waals surface area (Å²) in [5.41, 5.74) is 0. The van der Waals surface area contributed by atoms with Gasteiger partial charge in [-0.05, 0) is 25.5 Å². The molecule has 0 unspecified atom stereocenters. The van der Waals surface area contributed by atoms with Gasteiger partial charge < -0.3 is 9.64 Å². The van der Waals surface area contributed by atoms with Crippen molar-refractivity contribution in [1.29, 1.82) is 0 Å². The van der Waals surface area contributed by atoms with Gasteiger partial charge in [0.05, 0.1) is 11.5 Å². The molecule has 1 heterocycles. The summed E-state index contributed by atoms with van der Waals surface area (Å²) in [6.45, 7) is 2.94. The van der Waals surface area contributed by atoms with Crippen LogP contribution in [-0.2, 0) is 14.8 Å². The van der Waals surface area contributed by atoms with Crippen LogP contribution in [0.3, 0.4) is 0 Å². The van der Waals surface area contributed by atoms with Gasteiger partial charge in [-0.3, -0.25) is 4.79 Å². The SMILES string of the molecule is CCOc1ccc(S(=O)(=O)N[C@@H]2CCN(C)C(=O)C2)c2ccccc12. The maximum absolute atomic E-state index is 12.9. The van der Waals surface area contributed by atoms with E-state index in [2.05, 4.69) is 4.72 Å². The van der Waals surface area contributed by atoms with Crippen molar-refractivity contribution < 1.29 is 17.9 Å². The molecule has 0 spiro atoms. The third-order valence-corrected chi connectivity index (χ3v) is 5.99. The Labute approximate surface area is 147 Å². The van der Waals surface area contributed by atoms with Crippen LogP contribution in [0, 0.1) is 0 Å². The third kappa shape index (κ3) is 3.62. The summed E-state index contributed by atoms with van der Waals surface area (Å²) in [6, 6.07) is 10.1. The molecule has 0 aromatic heterocycles. The number of piperidine rings is 1. The van der Waals surface area contributed by atoms with Crippen molar-refractivity contribution in [3.05, 3.63) is 36.4 Å². The summed E-state index contributed by atoms with van der Waals surface area (Å²) >= 11 is 0. The Morgan fingerprint density at radius 3 is 2.60 bits per heavy atom. The van der Waals surface area contributed by atoms with E-state index in [1.54, 1.807) is 36.2 Å². The number of carbonyl (C=O) groups excluding carboxylic acids is 1. The molecule has 1 aliphatic heterocycles. The number of likely N-dealkylation sites (tertiary alicyclic amines) is 1. The zero-order valence-electron chi connectivity index (χ0n) is 14.4. The number of carbonyl (C=O) groups is 1. The molecule has 134 valence electrons. The Balaban J connectivity index is 1.95. The smallest absolute Gasteiger partial charge is 0.241 e. The van der Waals surface area contributed by atoms with E-state index < -0.39 is 10.0 Å². The molecule has 0 saturated carbocycles. The predicted octanol–water partition coefficient (Wildman–Crippen LogP) is 2.14. The molecule has 25 heavy (non-hydrogen) atoms. The number of fused-ring (bicyclic) bond motifs is 1. The van der Waals surface area contributed by atoms with Gasteiger partial charge in [0, 0.05) is 36.8 Å². The largest absolute Gasteiger partial charge is 0.493 e. The summed E-state index contributed by atoms with van der Waals surface area (Å²) in [5, 5.41) is 1.37. The molecule has 1 aliphatic rings. The molecular formula is C18H22N2O4S. The minimum atomic E-state index is -3.74. The number of nitrogens with zero attached hydrogens (tertiary/aromatic N) is 1. The number of ether oxygens (including phenoxy) is 1. The number of nitrogens with one attached hydrogen (secondary N) is 1. The predicted molar refractivity (Wildman–Crippen MR) is 96.1 cm³/mol. The standard InChI is InChI=1S/C18H22N2O4S/c1-3-24-16-8-9-17(15-7-5-4-6-14(15)16)25(22,23)19-13-10-11-20(2)18(21)12-13/h4-9,13,19H,3,10-12H2,1-2H3/t13-/m1/s1. The fourth-order valence-electron chi connectivity index (χ4n) is 3.09. The van der Waals surface area contributed by atoms with Crippen LogP contribution in [0.4, 0.5) is 0 Å². The molecule has 1 saturated heterocycles. The van der Waals surface area contributed by atoms with E-state index in [-0.39, 0.29) is 23.3 Å². The van der Waals surface area contributed by atoms with Crippen molar-refractivity contribution in [2.45, 2.75) is 30.7 Å². The average molecular weight is 362 g/mol. The van der Waals surface area contributed by atoms with Gasteiger partial charge in [0.2, 0.25) is 15.9 Å². The molecule has 7 heteroatoms. The van der Waals surface area contributed by atoms with Crippen LogP contribution in [0.25, 0.3) is 10.8 Å². The molecule has 0 bridgehead atoms. The Bertz CT molecular complexity index is 895. The fourth-order valence-corrected chi connectivity index (χ4v) is 4.57. The topological polar surface area (TPSA) is 75.7 Å². The first-order valence-corrected chi connectivity index (χ1v) is 9.81. The molecular weight excluding hydrogens is 340 g/mol. The molecule has 0 radical (unpaired) electrons. The van der Waals surface area contributed by atoms with Gasteiger partial charge in [0.15, 0.2) is 0 Å². The number of hydrogen-bond donors (Lipinski definition) is 1. The summed E-state index contributed by atoms with van der Waals surface area (Å²) in [6.07, 6.45) is 0.793. The van der Waals surface area contributed by atoms with Gasteiger partial charge in [-0.2, -0.15) is 0 Å². The van der Waals surface area contributed by atoms with Crippen LogP contribution in [0.15, 0.2) is 41.3 Å². The van der Waals surface area contributed by atoms with Crippen LogP contribution in [0.5, 0.6) is 5.75 Å². The highest BCUT2D eigenvalue weighted by atomic mass is 32.2. The normalized spacial score (nSPS) is 18.6. The Morgan fingerprint density at radius 1 is 1.20 bits per heavy atom. The second-order valence-electron chi connectivity index (χ2n) is 6.17. The summed E-state index contributed by atoms with van der Waals surface area (Å²) in [5.74, 6) is 0.613. The maximum Gasteiger partial charge on any atom is 0.241 e. The van der Waals surface area contributed by atoms with E-state index in [1.807, 2.05) is 19.1 Å². The average Bonchev–Trinajstić information content (AvgIpc) is 2.58. The van der Waals surface area contributed by atoms with Gasteiger partial charge in [-0.25, -0.2) is 13.1 Å². The monoisotopic (exact) mass is 362 g/mol. The van der Waals surface area contributed by atoms with E-state index in [1.165, 1.54) is 0 Å². The first-order chi connectivity index (χ1) is 11.9. The summed E-state index contributed by atoms with van der Waals surface area (Å²) < 4.78 is 34.1. The van der Waals surface area contributed by atoms with E-state index in [0.717, 1.165) is 5.39 Å². The fraction of sp³-hybridized carbons (Fsp3) is 0.389. The first kappa shape index (κ1) is 17.7. The quantitative estimate of drug-likeness (QED) is 0.884. The van der Waals surface area contributed by atoms with Gasteiger partial charge in [0.1, 0.15) is 5.75 Å². The maximum atomic E-state index is 12.9. The highest BCUT2D eigenvalue weighted by molar-refractivity contribution is 7.89. The van der Waals surface area contributed by atoms with E-state index in [4.69, 9.17) is 4.74 Å². The molecule has 0 aliphatic carbocycles. The minimum absolute atomic E-state index is 0.0458. The van der Waals surface area contributed by atoms with E-state index >= 15 is 0 Å². The van der Waals surface area contributed by atoms with Crippen LogP contribution in [0.1, 0.15) is 19.8 Å².